The fraction of sp³-hybridized carbons (Fsp3) is 0.217. The van der Waals surface area contributed by atoms with Crippen molar-refractivity contribution in [3.63, 3.8) is 0 Å². The van der Waals surface area contributed by atoms with E-state index in [2.05, 4.69) is 53.6 Å². The Morgan fingerprint density at radius 1 is 1.12 bits per heavy atom. The Hall–Kier alpha value is -3.60. The molecule has 6 rings (SSSR count). The average molecular weight is 459 g/mol. The largest absolute Gasteiger partial charge is 0.379 e. The van der Waals surface area contributed by atoms with E-state index < -0.39 is 0 Å². The van der Waals surface area contributed by atoms with Crippen LogP contribution >= 0.6 is 11.3 Å². The third-order valence-corrected chi connectivity index (χ3v) is 6.46. The van der Waals surface area contributed by atoms with Crippen LogP contribution in [0.4, 0.5) is 11.5 Å². The summed E-state index contributed by atoms with van der Waals surface area (Å²) in [6, 6.07) is 12.2. The highest BCUT2D eigenvalue weighted by Gasteiger charge is 2.15. The number of morpholine rings is 1. The van der Waals surface area contributed by atoms with Crippen LogP contribution in [-0.2, 0) is 11.3 Å². The number of aromatic nitrogens is 6. The second kappa shape index (κ2) is 8.74. The molecule has 0 bridgehead atoms. The first-order chi connectivity index (χ1) is 16.3. The van der Waals surface area contributed by atoms with Gasteiger partial charge in [0.05, 0.1) is 41.0 Å². The lowest BCUT2D eigenvalue weighted by Gasteiger charge is -2.26. The fourth-order valence-electron chi connectivity index (χ4n) is 3.94. The molecule has 3 N–H and O–H groups in total. The molecule has 0 unspecified atom stereocenters. The Labute approximate surface area is 193 Å². The summed E-state index contributed by atoms with van der Waals surface area (Å²) in [5.74, 6) is 2.11. The molecule has 10 heteroatoms. The normalized spacial score (nSPS) is 14.7. The number of ether oxygens (including phenoxy) is 1. The lowest BCUT2D eigenvalue weighted by atomic mass is 10.2. The number of hydrogen-bond acceptors (Lipinski definition) is 8. The number of fused-ring (bicyclic) bond motifs is 1. The predicted octanol–water partition coefficient (Wildman–Crippen LogP) is 4.05. The third-order valence-electron chi connectivity index (χ3n) is 5.59. The second-order valence-electron chi connectivity index (χ2n) is 7.85. The molecular weight excluding hydrogens is 436 g/mol. The lowest BCUT2D eigenvalue weighted by molar-refractivity contribution is 0.0342. The van der Waals surface area contributed by atoms with Crippen molar-refractivity contribution in [2.75, 3.05) is 31.6 Å². The number of H-pyrrole nitrogens is 2. The summed E-state index contributed by atoms with van der Waals surface area (Å²) in [6.07, 6.45) is 3.49. The highest BCUT2D eigenvalue weighted by molar-refractivity contribution is 7.13. The van der Waals surface area contributed by atoms with Crippen LogP contribution in [0.25, 0.3) is 33.3 Å². The van der Waals surface area contributed by atoms with Crippen molar-refractivity contribution in [2.24, 2.45) is 0 Å². The van der Waals surface area contributed by atoms with Gasteiger partial charge in [0.25, 0.3) is 0 Å². The maximum absolute atomic E-state index is 5.45. The van der Waals surface area contributed by atoms with Gasteiger partial charge in [-0.2, -0.15) is 5.10 Å². The van der Waals surface area contributed by atoms with Crippen molar-refractivity contribution in [3.05, 3.63) is 59.7 Å². The molecule has 0 spiro atoms. The molecule has 1 aliphatic heterocycles. The Balaban J connectivity index is 1.25. The number of hydrogen-bond donors (Lipinski definition) is 3. The van der Waals surface area contributed by atoms with E-state index in [9.17, 15) is 0 Å². The molecule has 33 heavy (non-hydrogen) atoms. The smallest absolute Gasteiger partial charge is 0.171 e. The van der Waals surface area contributed by atoms with Crippen LogP contribution in [0.15, 0.2) is 54.2 Å². The molecular formula is C23H22N8OS. The van der Waals surface area contributed by atoms with Crippen LogP contribution < -0.4 is 5.32 Å². The van der Waals surface area contributed by atoms with E-state index in [1.807, 2.05) is 23.6 Å². The van der Waals surface area contributed by atoms with Gasteiger partial charge in [0.15, 0.2) is 11.6 Å². The van der Waals surface area contributed by atoms with E-state index in [1.54, 1.807) is 23.7 Å². The van der Waals surface area contributed by atoms with E-state index in [4.69, 9.17) is 9.72 Å². The Kier molecular flexibility index (Phi) is 5.31. The minimum absolute atomic E-state index is 0.691. The Morgan fingerprint density at radius 2 is 2.06 bits per heavy atom. The van der Waals surface area contributed by atoms with Crippen LogP contribution in [0.2, 0.25) is 0 Å². The summed E-state index contributed by atoms with van der Waals surface area (Å²) < 4.78 is 5.45. The summed E-state index contributed by atoms with van der Waals surface area (Å²) in [7, 11) is 0. The van der Waals surface area contributed by atoms with Crippen LogP contribution in [0, 0.1) is 0 Å². The molecule has 0 aliphatic carbocycles. The van der Waals surface area contributed by atoms with Crippen molar-refractivity contribution in [2.45, 2.75) is 6.54 Å². The van der Waals surface area contributed by atoms with Crippen molar-refractivity contribution in [1.29, 1.82) is 0 Å². The SMILES string of the molecule is c1csc(-c2nccc(Nc3cn[nH]c3-c3nc4ccc(CN5CCOCC5)cc4[nH]3)n2)c1. The van der Waals surface area contributed by atoms with Crippen molar-refractivity contribution < 1.29 is 4.74 Å². The number of benzene rings is 1. The standard InChI is InChI=1S/C23H22N8OS/c1-2-19(33-11-1)22-24-6-5-20(29-22)26-18-13-25-30-21(18)23-27-16-4-3-15(12-17(16)28-23)14-31-7-9-32-10-8-31/h1-6,11-13H,7-10,14H2,(H,25,30)(H,27,28)(H,24,26,29). The third kappa shape index (κ3) is 4.23. The highest BCUT2D eigenvalue weighted by Crippen LogP contribution is 2.29. The van der Waals surface area contributed by atoms with E-state index in [-0.39, 0.29) is 0 Å². The van der Waals surface area contributed by atoms with E-state index in [0.717, 1.165) is 66.0 Å². The summed E-state index contributed by atoms with van der Waals surface area (Å²) in [6.45, 7) is 4.44. The van der Waals surface area contributed by atoms with Gasteiger partial charge in [0, 0.05) is 25.8 Å². The van der Waals surface area contributed by atoms with Gasteiger partial charge < -0.3 is 15.0 Å². The quantitative estimate of drug-likeness (QED) is 0.352. The zero-order valence-electron chi connectivity index (χ0n) is 17.8. The second-order valence-corrected chi connectivity index (χ2v) is 8.80. The molecule has 1 aliphatic rings. The topological polar surface area (TPSA) is 108 Å². The number of anilines is 2. The van der Waals surface area contributed by atoms with Crippen LogP contribution in [-0.4, -0.2) is 61.3 Å². The zero-order valence-corrected chi connectivity index (χ0v) is 18.6. The molecule has 5 heterocycles. The van der Waals surface area contributed by atoms with Gasteiger partial charge in [-0.05, 0) is 35.2 Å². The van der Waals surface area contributed by atoms with E-state index in [1.165, 1.54) is 5.56 Å². The maximum atomic E-state index is 5.45. The number of imidazole rings is 1. The zero-order chi connectivity index (χ0) is 22.0. The number of nitrogens with one attached hydrogen (secondary N) is 3. The molecule has 0 radical (unpaired) electrons. The minimum atomic E-state index is 0.691. The minimum Gasteiger partial charge on any atom is -0.379 e. The highest BCUT2D eigenvalue weighted by atomic mass is 32.1. The number of nitrogens with zero attached hydrogens (tertiary/aromatic N) is 5. The molecule has 0 amide bonds. The molecule has 166 valence electrons. The van der Waals surface area contributed by atoms with Gasteiger partial charge in [-0.25, -0.2) is 15.0 Å². The predicted molar refractivity (Wildman–Crippen MR) is 128 cm³/mol. The van der Waals surface area contributed by atoms with Crippen molar-refractivity contribution >= 4 is 33.9 Å². The first-order valence-corrected chi connectivity index (χ1v) is 11.7. The summed E-state index contributed by atoms with van der Waals surface area (Å²) >= 11 is 1.61. The van der Waals surface area contributed by atoms with Crippen molar-refractivity contribution in [1.82, 2.24) is 35.0 Å². The number of rotatable bonds is 6. The van der Waals surface area contributed by atoms with Gasteiger partial charge in [0.2, 0.25) is 0 Å². The van der Waals surface area contributed by atoms with E-state index in [0.29, 0.717) is 11.6 Å². The Bertz CT molecular complexity index is 1370. The van der Waals surface area contributed by atoms with Crippen LogP contribution in [0.5, 0.6) is 0 Å². The molecule has 1 aromatic carbocycles. The number of aromatic amines is 2. The molecule has 5 aromatic rings. The van der Waals surface area contributed by atoms with Gasteiger partial charge in [-0.15, -0.1) is 11.3 Å². The fourth-order valence-corrected chi connectivity index (χ4v) is 4.61. The van der Waals surface area contributed by atoms with Crippen LogP contribution in [0.1, 0.15) is 5.56 Å². The van der Waals surface area contributed by atoms with Gasteiger partial charge >= 0.3 is 0 Å². The molecule has 1 fully saturated rings. The molecule has 1 saturated heterocycles. The monoisotopic (exact) mass is 458 g/mol. The van der Waals surface area contributed by atoms with Gasteiger partial charge in [-0.3, -0.25) is 10.00 Å². The van der Waals surface area contributed by atoms with Gasteiger partial charge in [0.1, 0.15) is 11.5 Å². The average Bonchev–Trinajstić information content (AvgIpc) is 3.60. The first kappa shape index (κ1) is 20.0. The van der Waals surface area contributed by atoms with Gasteiger partial charge in [-0.1, -0.05) is 12.1 Å². The summed E-state index contributed by atoms with van der Waals surface area (Å²) in [5.41, 5.74) is 4.73. The molecule has 0 saturated carbocycles. The summed E-state index contributed by atoms with van der Waals surface area (Å²) in [4.78, 5) is 20.7. The van der Waals surface area contributed by atoms with E-state index >= 15 is 0 Å². The lowest BCUT2D eigenvalue weighted by Crippen LogP contribution is -2.35. The molecule has 9 nitrogen and oxygen atoms in total. The van der Waals surface area contributed by atoms with Crippen molar-refractivity contribution in [3.8, 4) is 22.2 Å². The number of thiophene rings is 1. The Morgan fingerprint density at radius 3 is 2.94 bits per heavy atom. The molecule has 0 atom stereocenters. The molecule has 4 aromatic heterocycles. The van der Waals surface area contributed by atoms with Crippen LogP contribution in [0.3, 0.4) is 0 Å². The first-order valence-electron chi connectivity index (χ1n) is 10.8. The maximum Gasteiger partial charge on any atom is 0.171 e. The summed E-state index contributed by atoms with van der Waals surface area (Å²) in [5, 5.41) is 12.6.